The average Bonchev–Trinajstić information content (AvgIpc) is 2.41. The molecule has 0 atom stereocenters. The van der Waals surface area contributed by atoms with E-state index in [4.69, 9.17) is 5.14 Å². The number of hydrogen-bond acceptors (Lipinski definition) is 5. The second-order valence-electron chi connectivity index (χ2n) is 4.10. The van der Waals surface area contributed by atoms with Crippen LogP contribution in [0.25, 0.3) is 0 Å². The van der Waals surface area contributed by atoms with Gasteiger partial charge in [-0.15, -0.1) is 0 Å². The summed E-state index contributed by atoms with van der Waals surface area (Å²) in [4.78, 5) is 19.4. The Bertz CT molecular complexity index is 745. The van der Waals surface area contributed by atoms with Crippen molar-refractivity contribution in [3.05, 3.63) is 48.0 Å². The minimum Gasteiger partial charge on any atom is -0.322 e. The largest absolute Gasteiger partial charge is 0.322 e. The lowest BCUT2D eigenvalue weighted by Gasteiger charge is -2.09. The molecule has 104 valence electrons. The van der Waals surface area contributed by atoms with Gasteiger partial charge in [-0.1, -0.05) is 0 Å². The number of benzene rings is 1. The summed E-state index contributed by atoms with van der Waals surface area (Å²) in [5, 5.41) is 7.69. The normalized spacial score (nSPS) is 11.1. The van der Waals surface area contributed by atoms with Crippen LogP contribution in [0.3, 0.4) is 0 Å². The topological polar surface area (TPSA) is 115 Å². The number of sulfonamides is 1. The van der Waals surface area contributed by atoms with Crippen LogP contribution in [0.1, 0.15) is 15.9 Å². The van der Waals surface area contributed by atoms with Crippen LogP contribution in [0, 0.1) is 6.92 Å². The molecule has 0 aliphatic rings. The number of nitrogens with one attached hydrogen (secondary N) is 1. The predicted octanol–water partition coefficient (Wildman–Crippen LogP) is 0.685. The molecule has 0 radical (unpaired) electrons. The number of carbonyl (C=O) groups is 1. The second kappa shape index (κ2) is 5.35. The highest BCUT2D eigenvalue weighted by Gasteiger charge is 2.12. The van der Waals surface area contributed by atoms with E-state index < -0.39 is 10.0 Å². The van der Waals surface area contributed by atoms with Gasteiger partial charge < -0.3 is 5.32 Å². The fourth-order valence-electron chi connectivity index (χ4n) is 1.56. The number of anilines is 1. The highest BCUT2D eigenvalue weighted by molar-refractivity contribution is 7.89. The van der Waals surface area contributed by atoms with Crippen LogP contribution >= 0.6 is 0 Å². The van der Waals surface area contributed by atoms with Crippen molar-refractivity contribution in [3.63, 3.8) is 0 Å². The van der Waals surface area contributed by atoms with Crippen molar-refractivity contribution in [2.75, 3.05) is 5.32 Å². The summed E-state index contributed by atoms with van der Waals surface area (Å²) in [7, 11) is -3.76. The summed E-state index contributed by atoms with van der Waals surface area (Å²) >= 11 is 0. The molecule has 0 saturated carbocycles. The van der Waals surface area contributed by atoms with Crippen LogP contribution in [0.15, 0.2) is 41.8 Å². The highest BCUT2D eigenvalue weighted by Crippen LogP contribution is 2.19. The molecular weight excluding hydrogens is 280 g/mol. The van der Waals surface area contributed by atoms with E-state index in [1.54, 1.807) is 6.92 Å². The minimum atomic E-state index is -3.76. The first kappa shape index (κ1) is 14.1. The molecule has 1 amide bonds. The molecule has 2 aromatic rings. The first-order chi connectivity index (χ1) is 9.38. The standard InChI is InChI=1S/C12H12N4O3S/c1-8-4-10(20(13,18)19)2-3-11(8)16-12(17)9-5-14-7-15-6-9/h2-7H,1H3,(H,16,17)(H2,13,18,19). The van der Waals surface area contributed by atoms with Crippen molar-refractivity contribution in [2.45, 2.75) is 11.8 Å². The van der Waals surface area contributed by atoms with Gasteiger partial charge in [0.2, 0.25) is 10.0 Å². The lowest BCUT2D eigenvalue weighted by atomic mass is 10.2. The molecule has 7 nitrogen and oxygen atoms in total. The molecule has 0 unspecified atom stereocenters. The summed E-state index contributed by atoms with van der Waals surface area (Å²) in [6.07, 6.45) is 4.09. The van der Waals surface area contributed by atoms with Crippen LogP contribution in [0.4, 0.5) is 5.69 Å². The van der Waals surface area contributed by atoms with Crippen molar-refractivity contribution < 1.29 is 13.2 Å². The molecule has 3 N–H and O–H groups in total. The van der Waals surface area contributed by atoms with E-state index in [1.165, 1.54) is 36.9 Å². The summed E-state index contributed by atoms with van der Waals surface area (Å²) in [6, 6.07) is 4.21. The average molecular weight is 292 g/mol. The zero-order chi connectivity index (χ0) is 14.8. The van der Waals surface area contributed by atoms with E-state index in [1.807, 2.05) is 0 Å². The van der Waals surface area contributed by atoms with Crippen molar-refractivity contribution in [3.8, 4) is 0 Å². The smallest absolute Gasteiger partial charge is 0.258 e. The summed E-state index contributed by atoms with van der Waals surface area (Å²) in [5.74, 6) is -0.378. The van der Waals surface area contributed by atoms with Crippen LogP contribution in [0.2, 0.25) is 0 Å². The molecule has 2 rings (SSSR count). The zero-order valence-electron chi connectivity index (χ0n) is 10.6. The van der Waals surface area contributed by atoms with Crippen molar-refractivity contribution >= 4 is 21.6 Å². The number of hydrogen-bond donors (Lipinski definition) is 2. The molecule has 20 heavy (non-hydrogen) atoms. The first-order valence-corrected chi connectivity index (χ1v) is 7.12. The molecule has 8 heteroatoms. The van der Waals surface area contributed by atoms with E-state index in [9.17, 15) is 13.2 Å². The lowest BCUT2D eigenvalue weighted by Crippen LogP contribution is -2.15. The molecule has 0 bridgehead atoms. The molecule has 1 heterocycles. The first-order valence-electron chi connectivity index (χ1n) is 5.58. The van der Waals surface area contributed by atoms with Gasteiger partial charge in [-0.2, -0.15) is 0 Å². The van der Waals surface area contributed by atoms with E-state index in [0.29, 0.717) is 16.8 Å². The van der Waals surface area contributed by atoms with Gasteiger partial charge in [0, 0.05) is 18.1 Å². The molecular formula is C12H12N4O3S. The van der Waals surface area contributed by atoms with E-state index >= 15 is 0 Å². The van der Waals surface area contributed by atoms with E-state index in [-0.39, 0.29) is 10.8 Å². The third-order valence-corrected chi connectivity index (χ3v) is 3.51. The van der Waals surface area contributed by atoms with Gasteiger partial charge in [-0.3, -0.25) is 4.79 Å². The molecule has 0 aliphatic heterocycles. The Hall–Kier alpha value is -2.32. The Morgan fingerprint density at radius 1 is 1.25 bits per heavy atom. The minimum absolute atomic E-state index is 0.00366. The summed E-state index contributed by atoms with van der Waals surface area (Å²) in [6.45, 7) is 1.67. The number of aryl methyl sites for hydroxylation is 1. The Kier molecular flexibility index (Phi) is 3.77. The van der Waals surface area contributed by atoms with Crippen LogP contribution in [0.5, 0.6) is 0 Å². The fourth-order valence-corrected chi connectivity index (χ4v) is 2.16. The molecule has 0 fully saturated rings. The maximum atomic E-state index is 11.9. The number of nitrogens with zero attached hydrogens (tertiary/aromatic N) is 2. The van der Waals surface area contributed by atoms with Gasteiger partial charge in [0.25, 0.3) is 5.91 Å². The van der Waals surface area contributed by atoms with Gasteiger partial charge in [-0.25, -0.2) is 23.5 Å². The molecule has 0 spiro atoms. The maximum absolute atomic E-state index is 11.9. The Labute approximate surface area is 115 Å². The number of amides is 1. The van der Waals surface area contributed by atoms with Gasteiger partial charge in [0.05, 0.1) is 10.5 Å². The van der Waals surface area contributed by atoms with Gasteiger partial charge in [-0.05, 0) is 30.7 Å². The zero-order valence-corrected chi connectivity index (χ0v) is 11.4. The van der Waals surface area contributed by atoms with Crippen LogP contribution in [-0.2, 0) is 10.0 Å². The van der Waals surface area contributed by atoms with Crippen molar-refractivity contribution in [2.24, 2.45) is 5.14 Å². The lowest BCUT2D eigenvalue weighted by molar-refractivity contribution is 0.102. The number of carbonyl (C=O) groups excluding carboxylic acids is 1. The van der Waals surface area contributed by atoms with Crippen LogP contribution in [-0.4, -0.2) is 24.3 Å². The molecule has 1 aromatic carbocycles. The number of nitrogens with two attached hydrogens (primary N) is 1. The van der Waals surface area contributed by atoms with Gasteiger partial charge in [0.15, 0.2) is 0 Å². The third-order valence-electron chi connectivity index (χ3n) is 2.60. The Morgan fingerprint density at radius 2 is 1.90 bits per heavy atom. The van der Waals surface area contributed by atoms with E-state index in [0.717, 1.165) is 0 Å². The molecule has 0 aliphatic carbocycles. The third kappa shape index (κ3) is 3.16. The SMILES string of the molecule is Cc1cc(S(N)(=O)=O)ccc1NC(=O)c1cncnc1. The highest BCUT2D eigenvalue weighted by atomic mass is 32.2. The number of primary sulfonamides is 1. The monoisotopic (exact) mass is 292 g/mol. The Morgan fingerprint density at radius 3 is 2.45 bits per heavy atom. The number of aromatic nitrogens is 2. The van der Waals surface area contributed by atoms with E-state index in [2.05, 4.69) is 15.3 Å². The Balaban J connectivity index is 2.25. The van der Waals surface area contributed by atoms with Gasteiger partial charge in [0.1, 0.15) is 6.33 Å². The maximum Gasteiger partial charge on any atom is 0.258 e. The summed E-state index contributed by atoms with van der Waals surface area (Å²) < 4.78 is 22.4. The van der Waals surface area contributed by atoms with Crippen LogP contribution < -0.4 is 10.5 Å². The molecule has 0 saturated heterocycles. The molecule has 1 aromatic heterocycles. The number of rotatable bonds is 3. The van der Waals surface area contributed by atoms with Gasteiger partial charge >= 0.3 is 0 Å². The van der Waals surface area contributed by atoms with Crippen molar-refractivity contribution in [1.29, 1.82) is 0 Å². The second-order valence-corrected chi connectivity index (χ2v) is 5.66. The predicted molar refractivity (Wildman–Crippen MR) is 72.5 cm³/mol. The summed E-state index contributed by atoms with van der Waals surface area (Å²) in [5.41, 5.74) is 1.38. The van der Waals surface area contributed by atoms with Crippen molar-refractivity contribution in [1.82, 2.24) is 9.97 Å². The quantitative estimate of drug-likeness (QED) is 0.863. The fraction of sp³-hybridized carbons (Fsp3) is 0.0833.